The van der Waals surface area contributed by atoms with Crippen LogP contribution in [0.25, 0.3) is 0 Å². The van der Waals surface area contributed by atoms with Crippen molar-refractivity contribution in [1.29, 1.82) is 0 Å². The smallest absolute Gasteiger partial charge is 0.124 e. The number of hydrogen-bond donors (Lipinski definition) is 1. The molecule has 0 atom stereocenters. The first-order valence-electron chi connectivity index (χ1n) is 8.20. The maximum Gasteiger partial charge on any atom is 0.124 e. The normalized spacial score (nSPS) is 11.6. The third-order valence-electron chi connectivity index (χ3n) is 4.78. The summed E-state index contributed by atoms with van der Waals surface area (Å²) in [6.45, 7) is 9.30. The van der Waals surface area contributed by atoms with Crippen LogP contribution in [0, 0.1) is 6.92 Å². The van der Waals surface area contributed by atoms with Crippen molar-refractivity contribution >= 4 is 29.7 Å². The highest BCUT2D eigenvalue weighted by molar-refractivity contribution is 14.0. The standard InChI is InChI=1S/C19H27N3O.2HI/c1-6-22(5,7-2)14-16-13-17(8-9-19(16)23)20-18-10-11-21(4)15(3)12-18;;/h8-13H,6-7,14H2,1-5H3;2*1H. The molecule has 1 N–H and O–H groups in total. The van der Waals surface area contributed by atoms with Crippen LogP contribution in [0.4, 0.5) is 5.69 Å². The Morgan fingerprint density at radius 1 is 1.12 bits per heavy atom. The number of phenols is 1. The van der Waals surface area contributed by atoms with E-state index in [1.54, 1.807) is 6.07 Å². The zero-order valence-electron chi connectivity index (χ0n) is 15.7. The highest BCUT2D eigenvalue weighted by atomic mass is 127. The van der Waals surface area contributed by atoms with Crippen molar-refractivity contribution in [3.05, 3.63) is 53.1 Å². The van der Waals surface area contributed by atoms with Crippen LogP contribution >= 0.6 is 24.0 Å². The Labute approximate surface area is 185 Å². The average Bonchev–Trinajstić information content (AvgIpc) is 2.54. The van der Waals surface area contributed by atoms with E-state index in [0.29, 0.717) is 5.75 Å². The molecule has 1 aromatic heterocycles. The molecule has 0 bridgehead atoms. The second kappa shape index (κ2) is 10.5. The number of aromatic hydroxyl groups is 1. The summed E-state index contributed by atoms with van der Waals surface area (Å²) in [7, 11) is 4.23. The van der Waals surface area contributed by atoms with Gasteiger partial charge in [-0.15, -0.1) is 24.0 Å². The van der Waals surface area contributed by atoms with Crippen molar-refractivity contribution in [2.24, 2.45) is 12.0 Å². The van der Waals surface area contributed by atoms with Gasteiger partial charge in [0.1, 0.15) is 12.3 Å². The molecule has 0 unspecified atom stereocenters. The quantitative estimate of drug-likeness (QED) is 0.422. The molecule has 0 radical (unpaired) electrons. The Kier molecular flexibility index (Phi) is 10.3. The van der Waals surface area contributed by atoms with Gasteiger partial charge in [0.25, 0.3) is 0 Å². The number of halogens is 2. The van der Waals surface area contributed by atoms with E-state index >= 15 is 0 Å². The maximum absolute atomic E-state index is 10.2. The predicted octanol–water partition coefficient (Wildman–Crippen LogP) is 0.880. The molecule has 4 nitrogen and oxygen atoms in total. The Hall–Kier alpha value is -0.610. The Bertz CT molecular complexity index is 753. The van der Waals surface area contributed by atoms with Crippen LogP contribution in [0.1, 0.15) is 25.1 Å². The van der Waals surface area contributed by atoms with E-state index in [0.717, 1.165) is 46.4 Å². The van der Waals surface area contributed by atoms with Crippen LogP contribution in [0.5, 0.6) is 5.75 Å². The fourth-order valence-electron chi connectivity index (χ4n) is 2.51. The lowest BCUT2D eigenvalue weighted by Crippen LogP contribution is -3.00. The van der Waals surface area contributed by atoms with Crippen LogP contribution in [0.3, 0.4) is 0 Å². The highest BCUT2D eigenvalue weighted by Gasteiger charge is 2.19. The van der Waals surface area contributed by atoms with Gasteiger partial charge in [-0.1, -0.05) is 0 Å². The fourth-order valence-corrected chi connectivity index (χ4v) is 2.51. The molecule has 2 rings (SSSR count). The van der Waals surface area contributed by atoms with E-state index in [4.69, 9.17) is 4.99 Å². The molecule has 0 saturated heterocycles. The SMILES string of the molecule is CC[N+](C)(CC)Cc1cc(N=c2ccn(C)c(C)c2)ccc1O.I.[I-]. The molecule has 0 aliphatic heterocycles. The zero-order valence-corrected chi connectivity index (χ0v) is 20.1. The molecule has 0 saturated carbocycles. The summed E-state index contributed by atoms with van der Waals surface area (Å²) in [5.41, 5.74) is 2.99. The monoisotopic (exact) mass is 569 g/mol. The number of nitrogens with zero attached hydrogens (tertiary/aromatic N) is 3. The summed E-state index contributed by atoms with van der Waals surface area (Å²) in [5, 5.41) is 11.1. The van der Waals surface area contributed by atoms with Gasteiger partial charge in [-0.2, -0.15) is 0 Å². The molecule has 0 amide bonds. The minimum Gasteiger partial charge on any atom is -1.00 e. The summed E-state index contributed by atoms with van der Waals surface area (Å²) in [5.74, 6) is 0.353. The van der Waals surface area contributed by atoms with Crippen LogP contribution in [0.2, 0.25) is 0 Å². The van der Waals surface area contributed by atoms with Gasteiger partial charge in [-0.05, 0) is 51.1 Å². The molecule has 140 valence electrons. The van der Waals surface area contributed by atoms with Crippen molar-refractivity contribution in [2.45, 2.75) is 27.3 Å². The van der Waals surface area contributed by atoms with Gasteiger partial charge < -0.3 is 38.1 Å². The third kappa shape index (κ3) is 6.56. The molecule has 6 heteroatoms. The second-order valence-corrected chi connectivity index (χ2v) is 6.47. The molecule has 25 heavy (non-hydrogen) atoms. The lowest BCUT2D eigenvalue weighted by Gasteiger charge is -2.32. The van der Waals surface area contributed by atoms with Crippen LogP contribution in [0.15, 0.2) is 41.5 Å². The van der Waals surface area contributed by atoms with Crippen molar-refractivity contribution < 1.29 is 33.6 Å². The fraction of sp³-hybridized carbons (Fsp3) is 0.421. The molecule has 0 aliphatic carbocycles. The maximum atomic E-state index is 10.2. The molecular formula is C19H29I2N3O. The van der Waals surface area contributed by atoms with E-state index < -0.39 is 0 Å². The highest BCUT2D eigenvalue weighted by Crippen LogP contribution is 2.26. The van der Waals surface area contributed by atoms with Crippen molar-refractivity contribution in [3.63, 3.8) is 0 Å². The van der Waals surface area contributed by atoms with Crippen LogP contribution in [-0.2, 0) is 13.6 Å². The molecule has 1 aromatic carbocycles. The number of hydrogen-bond acceptors (Lipinski definition) is 2. The number of benzene rings is 1. The average molecular weight is 569 g/mol. The van der Waals surface area contributed by atoms with Gasteiger partial charge in [-0.3, -0.25) is 0 Å². The number of phenolic OH excluding ortho intramolecular Hbond substituents is 1. The number of aryl methyl sites for hydroxylation is 2. The summed E-state index contributed by atoms with van der Waals surface area (Å²) >= 11 is 0. The van der Waals surface area contributed by atoms with E-state index in [9.17, 15) is 5.11 Å². The number of aromatic nitrogens is 1. The largest absolute Gasteiger partial charge is 1.00 e. The van der Waals surface area contributed by atoms with E-state index in [1.807, 2.05) is 31.4 Å². The minimum absolute atomic E-state index is 0. The Morgan fingerprint density at radius 2 is 1.76 bits per heavy atom. The van der Waals surface area contributed by atoms with E-state index in [1.165, 1.54) is 0 Å². The number of quaternary nitrogens is 1. The van der Waals surface area contributed by atoms with Gasteiger partial charge >= 0.3 is 0 Å². The second-order valence-electron chi connectivity index (χ2n) is 6.47. The minimum atomic E-state index is 0. The van der Waals surface area contributed by atoms with Crippen molar-refractivity contribution in [2.75, 3.05) is 20.1 Å². The van der Waals surface area contributed by atoms with Gasteiger partial charge in [0, 0.05) is 18.9 Å². The first kappa shape index (κ1) is 24.4. The topological polar surface area (TPSA) is 37.5 Å². The van der Waals surface area contributed by atoms with Crippen molar-refractivity contribution in [3.8, 4) is 5.75 Å². The summed E-state index contributed by atoms with van der Waals surface area (Å²) < 4.78 is 2.96. The lowest BCUT2D eigenvalue weighted by molar-refractivity contribution is -0.919. The predicted molar refractivity (Wildman–Crippen MR) is 110 cm³/mol. The first-order chi connectivity index (χ1) is 10.9. The van der Waals surface area contributed by atoms with Crippen molar-refractivity contribution in [1.82, 2.24) is 4.57 Å². The number of rotatable bonds is 5. The lowest BCUT2D eigenvalue weighted by atomic mass is 10.1. The van der Waals surface area contributed by atoms with Gasteiger partial charge in [0.15, 0.2) is 0 Å². The number of pyridine rings is 1. The van der Waals surface area contributed by atoms with Gasteiger partial charge in [-0.25, -0.2) is 4.99 Å². The molecular weight excluding hydrogens is 540 g/mol. The third-order valence-corrected chi connectivity index (χ3v) is 4.78. The first-order valence-corrected chi connectivity index (χ1v) is 8.20. The van der Waals surface area contributed by atoms with Crippen LogP contribution in [-0.4, -0.2) is 34.3 Å². The summed E-state index contributed by atoms with van der Waals surface area (Å²) in [4.78, 5) is 4.70. The van der Waals surface area contributed by atoms with E-state index in [2.05, 4.69) is 38.5 Å². The Balaban J connectivity index is 0.00000288. The molecule has 0 aliphatic rings. The van der Waals surface area contributed by atoms with E-state index in [-0.39, 0.29) is 48.0 Å². The summed E-state index contributed by atoms with van der Waals surface area (Å²) in [6, 6.07) is 9.67. The molecule has 2 aromatic rings. The molecule has 1 heterocycles. The summed E-state index contributed by atoms with van der Waals surface area (Å²) in [6.07, 6.45) is 2.01. The zero-order chi connectivity index (χ0) is 17.0. The molecule has 0 spiro atoms. The van der Waals surface area contributed by atoms with Gasteiger partial charge in [0.05, 0.1) is 36.7 Å². The Morgan fingerprint density at radius 3 is 2.32 bits per heavy atom. The molecule has 0 fully saturated rings. The van der Waals surface area contributed by atoms with Crippen LogP contribution < -0.4 is 29.3 Å². The van der Waals surface area contributed by atoms with Gasteiger partial charge in [0.2, 0.25) is 0 Å².